The Morgan fingerprint density at radius 1 is 0.792 bits per heavy atom. The number of aromatic nitrogens is 3. The van der Waals surface area contributed by atoms with Crippen molar-refractivity contribution < 1.29 is 5.11 Å². The Hall–Kier alpha value is -3.35. The lowest BCUT2D eigenvalue weighted by Gasteiger charge is -2.10. The molecular formula is C17H18N6O. The Bertz CT molecular complexity index is 852. The quantitative estimate of drug-likeness (QED) is 0.571. The van der Waals surface area contributed by atoms with Gasteiger partial charge in [-0.25, -0.2) is 0 Å². The van der Waals surface area contributed by atoms with E-state index in [1.54, 1.807) is 25.1 Å². The Morgan fingerprint density at radius 3 is 2.00 bits per heavy atom. The summed E-state index contributed by atoms with van der Waals surface area (Å²) in [7, 11) is 1.86. The van der Waals surface area contributed by atoms with E-state index in [1.165, 1.54) is 0 Å². The van der Waals surface area contributed by atoms with E-state index >= 15 is 0 Å². The minimum absolute atomic E-state index is 0.174. The predicted octanol–water partition coefficient (Wildman–Crippen LogP) is 3.41. The summed E-state index contributed by atoms with van der Waals surface area (Å²) < 4.78 is 0. The average Bonchev–Trinajstić information content (AvgIpc) is 2.54. The van der Waals surface area contributed by atoms with Gasteiger partial charge in [0.1, 0.15) is 11.6 Å². The van der Waals surface area contributed by atoms with E-state index in [4.69, 9.17) is 0 Å². The van der Waals surface area contributed by atoms with E-state index in [1.807, 2.05) is 37.4 Å². The SMILES string of the molecule is CNc1cccc(Nc2nc(C)nc(Nc3cccc(O)c3)n2)c1. The summed E-state index contributed by atoms with van der Waals surface area (Å²) in [5.74, 6) is 1.60. The standard InChI is InChI=1S/C17H18N6O/c1-11-19-16(21-13-6-3-5-12(9-13)18-2)23-17(20-11)22-14-7-4-8-15(24)10-14/h3-10,18,24H,1-2H3,(H2,19,20,21,22,23). The molecule has 0 radical (unpaired) electrons. The molecule has 7 nitrogen and oxygen atoms in total. The van der Waals surface area contributed by atoms with Gasteiger partial charge in [-0.15, -0.1) is 0 Å². The Kier molecular flexibility index (Phi) is 4.42. The molecule has 0 saturated heterocycles. The van der Waals surface area contributed by atoms with Crippen LogP contribution in [0.2, 0.25) is 0 Å². The molecule has 24 heavy (non-hydrogen) atoms. The molecule has 0 atom stereocenters. The van der Waals surface area contributed by atoms with Gasteiger partial charge in [-0.1, -0.05) is 12.1 Å². The van der Waals surface area contributed by atoms with E-state index in [2.05, 4.69) is 30.9 Å². The molecule has 0 aliphatic rings. The highest BCUT2D eigenvalue weighted by molar-refractivity contribution is 5.62. The number of rotatable bonds is 5. The normalized spacial score (nSPS) is 10.2. The van der Waals surface area contributed by atoms with Crippen LogP contribution in [0.1, 0.15) is 5.82 Å². The smallest absolute Gasteiger partial charge is 0.232 e. The Balaban J connectivity index is 1.83. The van der Waals surface area contributed by atoms with E-state index < -0.39 is 0 Å². The number of anilines is 5. The highest BCUT2D eigenvalue weighted by atomic mass is 16.3. The van der Waals surface area contributed by atoms with Crippen LogP contribution < -0.4 is 16.0 Å². The molecule has 122 valence electrons. The molecule has 7 heteroatoms. The number of benzene rings is 2. The van der Waals surface area contributed by atoms with Crippen LogP contribution >= 0.6 is 0 Å². The van der Waals surface area contributed by atoms with Crippen LogP contribution in [-0.2, 0) is 0 Å². The van der Waals surface area contributed by atoms with Crippen LogP contribution in [0.3, 0.4) is 0 Å². The van der Waals surface area contributed by atoms with E-state index in [0.717, 1.165) is 11.4 Å². The topological polar surface area (TPSA) is 95.0 Å². The van der Waals surface area contributed by atoms with E-state index in [9.17, 15) is 5.11 Å². The summed E-state index contributed by atoms with van der Waals surface area (Å²) in [5, 5.41) is 18.8. The lowest BCUT2D eigenvalue weighted by molar-refractivity contribution is 0.475. The van der Waals surface area contributed by atoms with Gasteiger partial charge in [-0.05, 0) is 37.3 Å². The zero-order valence-electron chi connectivity index (χ0n) is 13.4. The number of aromatic hydroxyl groups is 1. The highest BCUT2D eigenvalue weighted by Gasteiger charge is 2.06. The van der Waals surface area contributed by atoms with Crippen LogP contribution in [0, 0.1) is 6.92 Å². The van der Waals surface area contributed by atoms with Crippen molar-refractivity contribution in [2.45, 2.75) is 6.92 Å². The van der Waals surface area contributed by atoms with Crippen molar-refractivity contribution in [3.8, 4) is 5.75 Å². The van der Waals surface area contributed by atoms with Gasteiger partial charge < -0.3 is 21.1 Å². The first kappa shape index (κ1) is 15.5. The first-order valence-electron chi connectivity index (χ1n) is 7.46. The molecule has 0 amide bonds. The summed E-state index contributed by atoms with van der Waals surface area (Å²) in [6.07, 6.45) is 0. The lowest BCUT2D eigenvalue weighted by atomic mass is 10.3. The molecule has 0 aliphatic carbocycles. The third kappa shape index (κ3) is 3.89. The fraction of sp³-hybridized carbons (Fsp3) is 0.118. The maximum atomic E-state index is 9.53. The highest BCUT2D eigenvalue weighted by Crippen LogP contribution is 2.21. The van der Waals surface area contributed by atoms with Crippen molar-refractivity contribution in [1.82, 2.24) is 15.0 Å². The first-order chi connectivity index (χ1) is 11.6. The van der Waals surface area contributed by atoms with Crippen molar-refractivity contribution >= 4 is 29.0 Å². The van der Waals surface area contributed by atoms with Crippen molar-refractivity contribution in [2.24, 2.45) is 0 Å². The minimum Gasteiger partial charge on any atom is -0.508 e. The number of hydrogen-bond acceptors (Lipinski definition) is 7. The number of phenolic OH excluding ortho intramolecular Hbond substituents is 1. The number of nitrogens with zero attached hydrogens (tertiary/aromatic N) is 3. The fourth-order valence-electron chi connectivity index (χ4n) is 2.19. The summed E-state index contributed by atoms with van der Waals surface area (Å²) in [4.78, 5) is 12.9. The maximum absolute atomic E-state index is 9.53. The third-order valence-electron chi connectivity index (χ3n) is 3.26. The summed E-state index contributed by atoms with van der Waals surface area (Å²) >= 11 is 0. The Morgan fingerprint density at radius 2 is 1.38 bits per heavy atom. The van der Waals surface area contributed by atoms with Gasteiger partial charge in [0.25, 0.3) is 0 Å². The van der Waals surface area contributed by atoms with Gasteiger partial charge in [0.05, 0.1) is 0 Å². The van der Waals surface area contributed by atoms with Gasteiger partial charge >= 0.3 is 0 Å². The monoisotopic (exact) mass is 322 g/mol. The van der Waals surface area contributed by atoms with Crippen molar-refractivity contribution in [2.75, 3.05) is 23.0 Å². The molecule has 0 unspecified atom stereocenters. The number of aryl methyl sites for hydroxylation is 1. The molecular weight excluding hydrogens is 304 g/mol. The maximum Gasteiger partial charge on any atom is 0.232 e. The van der Waals surface area contributed by atoms with Gasteiger partial charge in [0.15, 0.2) is 0 Å². The second-order valence-corrected chi connectivity index (χ2v) is 5.16. The van der Waals surface area contributed by atoms with Crippen LogP contribution in [0.5, 0.6) is 5.75 Å². The molecule has 3 aromatic rings. The molecule has 4 N–H and O–H groups in total. The second-order valence-electron chi connectivity index (χ2n) is 5.16. The van der Waals surface area contributed by atoms with Crippen LogP contribution in [-0.4, -0.2) is 27.1 Å². The van der Waals surface area contributed by atoms with Crippen LogP contribution in [0.15, 0.2) is 48.5 Å². The van der Waals surface area contributed by atoms with Gasteiger partial charge in [-0.3, -0.25) is 0 Å². The third-order valence-corrected chi connectivity index (χ3v) is 3.26. The zero-order chi connectivity index (χ0) is 16.9. The molecule has 3 rings (SSSR count). The lowest BCUT2D eigenvalue weighted by Crippen LogP contribution is -2.05. The summed E-state index contributed by atoms with van der Waals surface area (Å²) in [6, 6.07) is 14.6. The first-order valence-corrected chi connectivity index (χ1v) is 7.46. The molecule has 0 saturated carbocycles. The van der Waals surface area contributed by atoms with Crippen molar-refractivity contribution in [1.29, 1.82) is 0 Å². The van der Waals surface area contributed by atoms with Crippen molar-refractivity contribution in [3.05, 3.63) is 54.4 Å². The van der Waals surface area contributed by atoms with E-state index in [-0.39, 0.29) is 5.75 Å². The van der Waals surface area contributed by atoms with Gasteiger partial charge in [0.2, 0.25) is 11.9 Å². The van der Waals surface area contributed by atoms with E-state index in [0.29, 0.717) is 23.4 Å². The zero-order valence-corrected chi connectivity index (χ0v) is 13.4. The predicted molar refractivity (Wildman–Crippen MR) is 95.2 cm³/mol. The summed E-state index contributed by atoms with van der Waals surface area (Å²) in [6.45, 7) is 1.80. The molecule has 2 aromatic carbocycles. The largest absolute Gasteiger partial charge is 0.508 e. The van der Waals surface area contributed by atoms with Gasteiger partial charge in [0, 0.05) is 30.2 Å². The number of hydrogen-bond donors (Lipinski definition) is 4. The van der Waals surface area contributed by atoms with Crippen LogP contribution in [0.25, 0.3) is 0 Å². The number of nitrogens with one attached hydrogen (secondary N) is 3. The number of phenols is 1. The minimum atomic E-state index is 0.174. The van der Waals surface area contributed by atoms with Gasteiger partial charge in [-0.2, -0.15) is 15.0 Å². The molecule has 0 fully saturated rings. The second kappa shape index (κ2) is 6.82. The Labute approximate surface area is 139 Å². The molecule has 0 bridgehead atoms. The van der Waals surface area contributed by atoms with Crippen LogP contribution in [0.4, 0.5) is 29.0 Å². The summed E-state index contributed by atoms with van der Waals surface area (Å²) in [5.41, 5.74) is 2.56. The molecule has 0 spiro atoms. The molecule has 1 aromatic heterocycles. The molecule has 1 heterocycles. The average molecular weight is 322 g/mol. The van der Waals surface area contributed by atoms with Crippen molar-refractivity contribution in [3.63, 3.8) is 0 Å². The fourth-order valence-corrected chi connectivity index (χ4v) is 2.19. The molecule has 0 aliphatic heterocycles.